The Balaban J connectivity index is 2.11. The van der Waals surface area contributed by atoms with Gasteiger partial charge in [0.2, 0.25) is 0 Å². The predicted molar refractivity (Wildman–Crippen MR) is 69.9 cm³/mol. The Hall–Kier alpha value is -2.05. The van der Waals surface area contributed by atoms with Crippen molar-refractivity contribution in [3.63, 3.8) is 0 Å². The van der Waals surface area contributed by atoms with Crippen molar-refractivity contribution < 1.29 is 4.39 Å². The number of rotatable bonds is 3. The van der Waals surface area contributed by atoms with E-state index < -0.39 is 5.82 Å². The summed E-state index contributed by atoms with van der Waals surface area (Å²) in [5.41, 5.74) is 1.86. The monoisotopic (exact) mass is 260 g/mol. The van der Waals surface area contributed by atoms with Crippen LogP contribution in [0.2, 0.25) is 5.02 Å². The highest BCUT2D eigenvalue weighted by Crippen LogP contribution is 2.16. The zero-order chi connectivity index (χ0) is 13.0. The van der Waals surface area contributed by atoms with Gasteiger partial charge in [-0.3, -0.25) is 0 Å². The van der Waals surface area contributed by atoms with Crippen molar-refractivity contribution in [2.75, 3.05) is 5.32 Å². The summed E-state index contributed by atoms with van der Waals surface area (Å²) in [4.78, 5) is 0. The summed E-state index contributed by atoms with van der Waals surface area (Å²) >= 11 is 5.87. The molecule has 0 radical (unpaired) electrons. The van der Waals surface area contributed by atoms with Crippen molar-refractivity contribution in [3.05, 3.63) is 64.4 Å². The summed E-state index contributed by atoms with van der Waals surface area (Å²) in [5.74, 6) is -0.428. The summed E-state index contributed by atoms with van der Waals surface area (Å²) < 4.78 is 13.2. The van der Waals surface area contributed by atoms with Crippen molar-refractivity contribution in [2.24, 2.45) is 0 Å². The van der Waals surface area contributed by atoms with Gasteiger partial charge in [0.25, 0.3) is 0 Å². The maximum atomic E-state index is 13.2. The van der Waals surface area contributed by atoms with E-state index >= 15 is 0 Å². The molecule has 0 aliphatic rings. The summed E-state index contributed by atoms with van der Waals surface area (Å²) in [6.45, 7) is 0.523. The number of hydrogen-bond acceptors (Lipinski definition) is 2. The Labute approximate surface area is 110 Å². The fourth-order valence-corrected chi connectivity index (χ4v) is 1.82. The van der Waals surface area contributed by atoms with Gasteiger partial charge >= 0.3 is 0 Å². The zero-order valence-electron chi connectivity index (χ0n) is 9.45. The van der Waals surface area contributed by atoms with Crippen LogP contribution in [-0.2, 0) is 6.54 Å². The molecule has 0 aliphatic heterocycles. The smallest absolute Gasteiger partial charge is 0.126 e. The van der Waals surface area contributed by atoms with Crippen LogP contribution in [0.1, 0.15) is 11.1 Å². The maximum absolute atomic E-state index is 13.2. The van der Waals surface area contributed by atoms with Crippen molar-refractivity contribution in [1.82, 2.24) is 0 Å². The highest BCUT2D eigenvalue weighted by molar-refractivity contribution is 6.30. The number of nitriles is 1. The predicted octanol–water partition coefficient (Wildman–Crippen LogP) is 3.96. The first-order valence-corrected chi connectivity index (χ1v) is 5.74. The van der Waals surface area contributed by atoms with Gasteiger partial charge in [0.05, 0.1) is 11.6 Å². The molecular formula is C14H10ClFN2. The molecule has 90 valence electrons. The number of halogens is 2. The lowest BCUT2D eigenvalue weighted by Crippen LogP contribution is -2.00. The maximum Gasteiger partial charge on any atom is 0.126 e. The summed E-state index contributed by atoms with van der Waals surface area (Å²) in [7, 11) is 0. The van der Waals surface area contributed by atoms with Crippen molar-refractivity contribution in [3.8, 4) is 6.07 Å². The Morgan fingerprint density at radius 2 is 2.06 bits per heavy atom. The summed E-state index contributed by atoms with van der Waals surface area (Å²) in [6.07, 6.45) is 0. The molecule has 2 aromatic rings. The summed E-state index contributed by atoms with van der Waals surface area (Å²) in [5, 5.41) is 12.5. The zero-order valence-corrected chi connectivity index (χ0v) is 10.2. The number of nitrogens with zero attached hydrogens (tertiary/aromatic N) is 1. The van der Waals surface area contributed by atoms with E-state index in [9.17, 15) is 4.39 Å². The lowest BCUT2D eigenvalue weighted by Gasteiger charge is -2.07. The third-order valence-corrected chi connectivity index (χ3v) is 2.65. The first kappa shape index (κ1) is 12.4. The van der Waals surface area contributed by atoms with Crippen molar-refractivity contribution in [2.45, 2.75) is 6.54 Å². The number of nitrogens with one attached hydrogen (secondary N) is 1. The Morgan fingerprint density at radius 1 is 1.22 bits per heavy atom. The van der Waals surface area contributed by atoms with E-state index in [1.54, 1.807) is 12.1 Å². The highest BCUT2D eigenvalue weighted by atomic mass is 35.5. The number of benzene rings is 2. The van der Waals surface area contributed by atoms with E-state index in [0.29, 0.717) is 22.8 Å². The van der Waals surface area contributed by atoms with Gasteiger partial charge in [0.1, 0.15) is 5.82 Å². The van der Waals surface area contributed by atoms with Crippen LogP contribution in [0, 0.1) is 17.1 Å². The van der Waals surface area contributed by atoms with Crippen LogP contribution in [0.15, 0.2) is 42.5 Å². The molecule has 0 spiro atoms. The van der Waals surface area contributed by atoms with Crippen molar-refractivity contribution in [1.29, 1.82) is 5.26 Å². The molecule has 0 amide bonds. The number of hydrogen-bond donors (Lipinski definition) is 1. The number of anilines is 1. The quantitative estimate of drug-likeness (QED) is 0.907. The Kier molecular flexibility index (Phi) is 3.81. The topological polar surface area (TPSA) is 35.8 Å². The van der Waals surface area contributed by atoms with E-state index in [0.717, 1.165) is 5.56 Å². The second-order valence-electron chi connectivity index (χ2n) is 3.82. The minimum absolute atomic E-state index is 0.295. The fourth-order valence-electron chi connectivity index (χ4n) is 1.61. The van der Waals surface area contributed by atoms with Crippen LogP contribution in [0.4, 0.5) is 10.1 Å². The normalized spacial score (nSPS) is 9.83. The third kappa shape index (κ3) is 3.22. The second kappa shape index (κ2) is 5.52. The Bertz CT molecular complexity index is 605. The molecule has 0 atom stereocenters. The highest BCUT2D eigenvalue weighted by Gasteiger charge is 2.00. The first-order valence-electron chi connectivity index (χ1n) is 5.36. The molecule has 0 aromatic heterocycles. The molecule has 0 heterocycles. The average Bonchev–Trinajstić information content (AvgIpc) is 2.36. The molecule has 0 unspecified atom stereocenters. The molecule has 0 saturated carbocycles. The van der Waals surface area contributed by atoms with E-state index in [1.165, 1.54) is 12.1 Å². The third-order valence-electron chi connectivity index (χ3n) is 2.41. The van der Waals surface area contributed by atoms with Gasteiger partial charge < -0.3 is 5.32 Å². The summed E-state index contributed by atoms with van der Waals surface area (Å²) in [6, 6.07) is 13.5. The van der Waals surface area contributed by atoms with Gasteiger partial charge in [-0.05, 0) is 35.9 Å². The lowest BCUT2D eigenvalue weighted by molar-refractivity contribution is 0.627. The van der Waals surface area contributed by atoms with Crippen LogP contribution >= 0.6 is 11.6 Å². The van der Waals surface area contributed by atoms with Crippen LogP contribution < -0.4 is 5.32 Å². The average molecular weight is 261 g/mol. The van der Waals surface area contributed by atoms with Gasteiger partial charge in [-0.1, -0.05) is 23.7 Å². The van der Waals surface area contributed by atoms with Crippen LogP contribution in [0.25, 0.3) is 0 Å². The van der Waals surface area contributed by atoms with Crippen molar-refractivity contribution >= 4 is 17.3 Å². The van der Waals surface area contributed by atoms with Gasteiger partial charge in [0, 0.05) is 17.3 Å². The van der Waals surface area contributed by atoms with Crippen LogP contribution in [0.5, 0.6) is 0 Å². The van der Waals surface area contributed by atoms with E-state index in [2.05, 4.69) is 5.32 Å². The first-order chi connectivity index (χ1) is 8.67. The lowest BCUT2D eigenvalue weighted by atomic mass is 10.2. The molecule has 0 fully saturated rings. The van der Waals surface area contributed by atoms with Gasteiger partial charge in [-0.15, -0.1) is 0 Å². The van der Waals surface area contributed by atoms with E-state index in [1.807, 2.05) is 24.3 Å². The molecule has 2 aromatic carbocycles. The molecule has 18 heavy (non-hydrogen) atoms. The van der Waals surface area contributed by atoms with Gasteiger partial charge in [0.15, 0.2) is 0 Å². The molecule has 1 N–H and O–H groups in total. The Morgan fingerprint density at radius 3 is 2.78 bits per heavy atom. The molecule has 0 aliphatic carbocycles. The molecule has 0 saturated heterocycles. The minimum atomic E-state index is -0.428. The van der Waals surface area contributed by atoms with Gasteiger partial charge in [-0.25, -0.2) is 4.39 Å². The molecule has 2 rings (SSSR count). The van der Waals surface area contributed by atoms with Crippen LogP contribution in [-0.4, -0.2) is 0 Å². The van der Waals surface area contributed by atoms with Crippen LogP contribution in [0.3, 0.4) is 0 Å². The van der Waals surface area contributed by atoms with E-state index in [4.69, 9.17) is 16.9 Å². The fraction of sp³-hybridized carbons (Fsp3) is 0.0714. The SMILES string of the molecule is N#Cc1cc(F)cc(NCc2cccc(Cl)c2)c1. The molecular weight excluding hydrogens is 251 g/mol. The van der Waals surface area contributed by atoms with Gasteiger partial charge in [-0.2, -0.15) is 5.26 Å². The largest absolute Gasteiger partial charge is 0.381 e. The molecule has 2 nitrogen and oxygen atoms in total. The molecule has 0 bridgehead atoms. The second-order valence-corrected chi connectivity index (χ2v) is 4.26. The standard InChI is InChI=1S/C14H10ClFN2/c15-12-3-1-2-10(4-12)9-18-14-6-11(8-17)5-13(16)7-14/h1-7,18H,9H2. The molecule has 4 heteroatoms. The van der Waals surface area contributed by atoms with E-state index in [-0.39, 0.29) is 0 Å². The minimum Gasteiger partial charge on any atom is -0.381 e.